The lowest BCUT2D eigenvalue weighted by Crippen LogP contribution is -2.34. The van der Waals surface area contributed by atoms with Crippen molar-refractivity contribution in [3.05, 3.63) is 53.9 Å². The third kappa shape index (κ3) is 4.56. The van der Waals surface area contributed by atoms with Crippen LogP contribution in [-0.4, -0.2) is 55.5 Å². The van der Waals surface area contributed by atoms with Gasteiger partial charge in [0, 0.05) is 50.3 Å². The number of methoxy groups -OCH3 is 1. The topological polar surface area (TPSA) is 61.7 Å². The van der Waals surface area contributed by atoms with E-state index in [1.807, 2.05) is 0 Å². The van der Waals surface area contributed by atoms with Crippen LogP contribution < -0.4 is 14.5 Å². The second kappa shape index (κ2) is 10.2. The van der Waals surface area contributed by atoms with Crippen molar-refractivity contribution in [3.63, 3.8) is 0 Å². The van der Waals surface area contributed by atoms with Crippen LogP contribution in [0.2, 0.25) is 0 Å². The molecular formula is C28H36N4O2. The summed E-state index contributed by atoms with van der Waals surface area (Å²) in [5.41, 5.74) is 3.77. The molecule has 0 amide bonds. The third-order valence-corrected chi connectivity index (χ3v) is 7.46. The van der Waals surface area contributed by atoms with Crippen molar-refractivity contribution >= 4 is 22.4 Å². The van der Waals surface area contributed by atoms with E-state index >= 15 is 0 Å². The Hall–Kier alpha value is -2.86. The molecule has 0 radical (unpaired) electrons. The molecule has 6 rings (SSSR count). The number of ether oxygens (including phenoxy) is 1. The van der Waals surface area contributed by atoms with E-state index in [0.717, 1.165) is 69.0 Å². The van der Waals surface area contributed by atoms with E-state index in [9.17, 15) is 0 Å². The SMILES string of the molecule is CO.COc1ccccc1C1CCN(c2nc(C3CC3)nc3ccc(N4CCCC4)cc23)CC1. The number of hydrogen-bond acceptors (Lipinski definition) is 6. The highest BCUT2D eigenvalue weighted by atomic mass is 16.5. The smallest absolute Gasteiger partial charge is 0.140 e. The molecule has 2 saturated heterocycles. The minimum Gasteiger partial charge on any atom is -0.496 e. The number of benzene rings is 2. The van der Waals surface area contributed by atoms with E-state index in [-0.39, 0.29) is 0 Å². The van der Waals surface area contributed by atoms with Gasteiger partial charge in [0.15, 0.2) is 0 Å². The van der Waals surface area contributed by atoms with Crippen LogP contribution in [0, 0.1) is 0 Å². The molecule has 1 saturated carbocycles. The Morgan fingerprint density at radius 3 is 2.26 bits per heavy atom. The van der Waals surface area contributed by atoms with E-state index in [1.54, 1.807) is 7.11 Å². The van der Waals surface area contributed by atoms with Crippen molar-refractivity contribution in [3.8, 4) is 5.75 Å². The summed E-state index contributed by atoms with van der Waals surface area (Å²) in [6.07, 6.45) is 7.28. The van der Waals surface area contributed by atoms with Gasteiger partial charge in [0.05, 0.1) is 12.6 Å². The van der Waals surface area contributed by atoms with Gasteiger partial charge in [-0.05, 0) is 74.3 Å². The zero-order valence-corrected chi connectivity index (χ0v) is 20.4. The third-order valence-electron chi connectivity index (χ3n) is 7.46. The van der Waals surface area contributed by atoms with Gasteiger partial charge in [0.2, 0.25) is 0 Å². The molecule has 2 aliphatic heterocycles. The Kier molecular flexibility index (Phi) is 6.86. The molecule has 3 aliphatic rings. The number of aliphatic hydroxyl groups is 1. The zero-order valence-electron chi connectivity index (χ0n) is 20.4. The minimum absolute atomic E-state index is 0.540. The van der Waals surface area contributed by atoms with Crippen LogP contribution in [0.1, 0.15) is 61.7 Å². The molecule has 6 nitrogen and oxygen atoms in total. The van der Waals surface area contributed by atoms with Crippen LogP contribution in [0.3, 0.4) is 0 Å². The normalized spacial score (nSPS) is 18.7. The quantitative estimate of drug-likeness (QED) is 0.571. The number of nitrogens with zero attached hydrogens (tertiary/aromatic N) is 4. The summed E-state index contributed by atoms with van der Waals surface area (Å²) in [6.45, 7) is 4.36. The molecule has 3 fully saturated rings. The predicted octanol–water partition coefficient (Wildman–Crippen LogP) is 5.11. The van der Waals surface area contributed by atoms with Crippen LogP contribution in [0.5, 0.6) is 5.75 Å². The maximum atomic E-state index is 7.00. The lowest BCUT2D eigenvalue weighted by molar-refractivity contribution is 0.397. The summed E-state index contributed by atoms with van der Waals surface area (Å²) < 4.78 is 5.64. The highest BCUT2D eigenvalue weighted by Gasteiger charge is 2.30. The summed E-state index contributed by atoms with van der Waals surface area (Å²) in [5, 5.41) is 8.22. The van der Waals surface area contributed by atoms with Gasteiger partial charge >= 0.3 is 0 Å². The Balaban J connectivity index is 0.00000117. The number of hydrogen-bond donors (Lipinski definition) is 1. The zero-order chi connectivity index (χ0) is 23.5. The first-order valence-electron chi connectivity index (χ1n) is 12.7. The molecule has 0 spiro atoms. The van der Waals surface area contributed by atoms with Crippen molar-refractivity contribution in [2.24, 2.45) is 0 Å². The highest BCUT2D eigenvalue weighted by molar-refractivity contribution is 5.92. The molecule has 3 aromatic rings. The number of piperidine rings is 1. The van der Waals surface area contributed by atoms with Crippen molar-refractivity contribution in [1.82, 2.24) is 9.97 Å². The first kappa shape index (κ1) is 22.9. The summed E-state index contributed by atoms with van der Waals surface area (Å²) >= 11 is 0. The number of aliphatic hydroxyl groups excluding tert-OH is 1. The van der Waals surface area contributed by atoms with E-state index in [4.69, 9.17) is 19.8 Å². The van der Waals surface area contributed by atoms with Gasteiger partial charge in [-0.2, -0.15) is 0 Å². The lowest BCUT2D eigenvalue weighted by atomic mass is 9.88. The first-order valence-corrected chi connectivity index (χ1v) is 12.7. The first-order chi connectivity index (χ1) is 16.8. The summed E-state index contributed by atoms with van der Waals surface area (Å²) in [5.74, 6) is 4.32. The maximum absolute atomic E-state index is 7.00. The van der Waals surface area contributed by atoms with Crippen molar-refractivity contribution in [2.45, 2.75) is 50.4 Å². The number of aromatic nitrogens is 2. The van der Waals surface area contributed by atoms with Gasteiger partial charge in [-0.3, -0.25) is 0 Å². The lowest BCUT2D eigenvalue weighted by Gasteiger charge is -2.34. The predicted molar refractivity (Wildman–Crippen MR) is 138 cm³/mol. The molecule has 6 heteroatoms. The molecule has 0 unspecified atom stereocenters. The van der Waals surface area contributed by atoms with Gasteiger partial charge < -0.3 is 19.6 Å². The molecular weight excluding hydrogens is 424 g/mol. The van der Waals surface area contributed by atoms with E-state index in [2.05, 4.69) is 52.3 Å². The van der Waals surface area contributed by atoms with Crippen LogP contribution in [0.15, 0.2) is 42.5 Å². The Bertz CT molecular complexity index is 1120. The average Bonchev–Trinajstić information content (AvgIpc) is 3.62. The van der Waals surface area contributed by atoms with Gasteiger partial charge in [0.25, 0.3) is 0 Å². The Morgan fingerprint density at radius 1 is 0.824 bits per heavy atom. The van der Waals surface area contributed by atoms with Gasteiger partial charge in [-0.15, -0.1) is 0 Å². The fourth-order valence-corrected chi connectivity index (χ4v) is 5.46. The fraction of sp³-hybridized carbons (Fsp3) is 0.500. The van der Waals surface area contributed by atoms with Gasteiger partial charge in [-0.25, -0.2) is 9.97 Å². The van der Waals surface area contributed by atoms with Crippen LogP contribution >= 0.6 is 0 Å². The molecule has 1 N–H and O–H groups in total. The van der Waals surface area contributed by atoms with E-state index < -0.39 is 0 Å². The van der Waals surface area contributed by atoms with E-state index in [0.29, 0.717) is 11.8 Å². The molecule has 2 aromatic carbocycles. The summed E-state index contributed by atoms with van der Waals surface area (Å²) in [4.78, 5) is 15.1. The standard InChI is InChI=1S/C27H32N4O.CH4O/c1-32-25-7-3-2-6-22(25)19-12-16-31(17-13-19)27-23-18-21(30-14-4-5-15-30)10-11-24(23)28-26(29-27)20-8-9-20;1-2/h2-3,6-7,10-11,18-20H,4-5,8-9,12-17H2,1H3;2H,1H3. The van der Waals surface area contributed by atoms with Crippen molar-refractivity contribution in [2.75, 3.05) is 50.2 Å². The van der Waals surface area contributed by atoms with Crippen molar-refractivity contribution < 1.29 is 9.84 Å². The molecule has 1 aliphatic carbocycles. The van der Waals surface area contributed by atoms with Gasteiger partial charge in [-0.1, -0.05) is 18.2 Å². The van der Waals surface area contributed by atoms with Crippen LogP contribution in [-0.2, 0) is 0 Å². The second-order valence-corrected chi connectivity index (χ2v) is 9.58. The number of fused-ring (bicyclic) bond motifs is 1. The minimum atomic E-state index is 0.540. The van der Waals surface area contributed by atoms with Crippen molar-refractivity contribution in [1.29, 1.82) is 0 Å². The number of para-hydroxylation sites is 1. The molecule has 34 heavy (non-hydrogen) atoms. The molecule has 1 aromatic heterocycles. The number of rotatable bonds is 5. The fourth-order valence-electron chi connectivity index (χ4n) is 5.46. The van der Waals surface area contributed by atoms with Crippen LogP contribution in [0.4, 0.5) is 11.5 Å². The maximum Gasteiger partial charge on any atom is 0.140 e. The van der Waals surface area contributed by atoms with E-state index in [1.165, 1.54) is 42.3 Å². The molecule has 0 atom stereocenters. The summed E-state index contributed by atoms with van der Waals surface area (Å²) in [7, 11) is 2.78. The highest BCUT2D eigenvalue weighted by Crippen LogP contribution is 2.42. The Morgan fingerprint density at radius 2 is 1.56 bits per heavy atom. The van der Waals surface area contributed by atoms with Gasteiger partial charge in [0.1, 0.15) is 17.4 Å². The Labute approximate surface area is 202 Å². The monoisotopic (exact) mass is 460 g/mol. The molecule has 0 bridgehead atoms. The molecule has 180 valence electrons. The average molecular weight is 461 g/mol. The summed E-state index contributed by atoms with van der Waals surface area (Å²) in [6, 6.07) is 15.3. The second-order valence-electron chi connectivity index (χ2n) is 9.58. The largest absolute Gasteiger partial charge is 0.496 e. The molecule has 3 heterocycles. The number of anilines is 2. The van der Waals surface area contributed by atoms with Crippen LogP contribution in [0.25, 0.3) is 10.9 Å².